The van der Waals surface area contributed by atoms with E-state index in [9.17, 15) is 9.90 Å². The normalized spacial score (nSPS) is 12.1. The molecule has 0 saturated heterocycles. The van der Waals surface area contributed by atoms with Gasteiger partial charge in [0.15, 0.2) is 5.82 Å². The van der Waals surface area contributed by atoms with Crippen molar-refractivity contribution < 1.29 is 9.90 Å². The molecule has 0 aliphatic carbocycles. The number of nitrogens with two attached hydrogens (primary N) is 1. The predicted molar refractivity (Wildman–Crippen MR) is 106 cm³/mol. The van der Waals surface area contributed by atoms with Gasteiger partial charge in [-0.2, -0.15) is 0 Å². The number of urea groups is 1. The van der Waals surface area contributed by atoms with Crippen molar-refractivity contribution in [1.29, 1.82) is 0 Å². The summed E-state index contributed by atoms with van der Waals surface area (Å²) < 4.78 is 1.91. The zero-order valence-electron chi connectivity index (χ0n) is 16.1. The van der Waals surface area contributed by atoms with Crippen molar-refractivity contribution in [3.05, 3.63) is 30.1 Å². The van der Waals surface area contributed by atoms with Gasteiger partial charge in [-0.05, 0) is 33.8 Å². The van der Waals surface area contributed by atoms with Gasteiger partial charge in [0, 0.05) is 18.0 Å². The van der Waals surface area contributed by atoms with Crippen LogP contribution >= 0.6 is 0 Å². The molecule has 2 heterocycles. The minimum Gasteiger partial charge on any atom is -0.388 e. The number of hydrogen-bond donors (Lipinski definition) is 4. The Labute approximate surface area is 157 Å². The average molecular weight is 370 g/mol. The maximum absolute atomic E-state index is 12.2. The number of para-hydroxylation sites is 1. The third-order valence-electron chi connectivity index (χ3n) is 4.26. The average Bonchev–Trinajstić information content (AvgIpc) is 2.92. The molecule has 3 rings (SSSR count). The Morgan fingerprint density at radius 1 is 1.30 bits per heavy atom. The number of anilines is 1. The van der Waals surface area contributed by atoms with Gasteiger partial charge in [-0.3, -0.25) is 0 Å². The molecule has 8 nitrogen and oxygen atoms in total. The van der Waals surface area contributed by atoms with Crippen molar-refractivity contribution >= 4 is 33.8 Å². The standard InChI is InChI=1S/C19H26N6O2/c1-11(2)21-18(27)24-19(3,4)10-25-14(9-26)23-15-16(25)12-7-5-6-8-13(12)22-17(15)20/h5-8,11,26H,9-10H2,1-4H3,(H2,20,22)(H2,21,24,27). The summed E-state index contributed by atoms with van der Waals surface area (Å²) in [7, 11) is 0. The number of nitrogen functional groups attached to an aromatic ring is 1. The summed E-state index contributed by atoms with van der Waals surface area (Å²) in [5.41, 5.74) is 7.65. The van der Waals surface area contributed by atoms with Gasteiger partial charge in [0.2, 0.25) is 0 Å². The number of nitrogens with one attached hydrogen (secondary N) is 2. The van der Waals surface area contributed by atoms with E-state index in [2.05, 4.69) is 20.6 Å². The van der Waals surface area contributed by atoms with Crippen molar-refractivity contribution in [3.63, 3.8) is 0 Å². The summed E-state index contributed by atoms with van der Waals surface area (Å²) in [6.07, 6.45) is 0. The summed E-state index contributed by atoms with van der Waals surface area (Å²) in [5.74, 6) is 0.800. The Morgan fingerprint density at radius 3 is 2.67 bits per heavy atom. The molecule has 27 heavy (non-hydrogen) atoms. The molecule has 0 saturated carbocycles. The van der Waals surface area contributed by atoms with Gasteiger partial charge in [0.05, 0.1) is 16.6 Å². The molecule has 8 heteroatoms. The van der Waals surface area contributed by atoms with Gasteiger partial charge in [-0.1, -0.05) is 18.2 Å². The van der Waals surface area contributed by atoms with Crippen LogP contribution in [0.1, 0.15) is 33.5 Å². The Hall–Kier alpha value is -2.87. The molecule has 3 aromatic rings. The molecule has 0 radical (unpaired) electrons. The van der Waals surface area contributed by atoms with Gasteiger partial charge in [0.25, 0.3) is 0 Å². The number of amides is 2. The molecule has 0 spiro atoms. The first-order valence-corrected chi connectivity index (χ1v) is 8.94. The number of rotatable bonds is 5. The smallest absolute Gasteiger partial charge is 0.315 e. The van der Waals surface area contributed by atoms with Crippen molar-refractivity contribution in [2.24, 2.45) is 0 Å². The van der Waals surface area contributed by atoms with E-state index in [1.165, 1.54) is 0 Å². The molecule has 0 unspecified atom stereocenters. The van der Waals surface area contributed by atoms with Gasteiger partial charge >= 0.3 is 6.03 Å². The Morgan fingerprint density at radius 2 is 2.00 bits per heavy atom. The zero-order chi connectivity index (χ0) is 19.8. The fraction of sp³-hybridized carbons (Fsp3) is 0.421. The lowest BCUT2D eigenvalue weighted by molar-refractivity contribution is 0.221. The zero-order valence-corrected chi connectivity index (χ0v) is 16.1. The van der Waals surface area contributed by atoms with Crippen LogP contribution in [0.25, 0.3) is 21.9 Å². The number of imidazole rings is 1. The van der Waals surface area contributed by atoms with Gasteiger partial charge in [-0.25, -0.2) is 14.8 Å². The van der Waals surface area contributed by atoms with Crippen LogP contribution in [0.2, 0.25) is 0 Å². The van der Waals surface area contributed by atoms with E-state index in [-0.39, 0.29) is 18.7 Å². The number of aliphatic hydroxyl groups is 1. The van der Waals surface area contributed by atoms with E-state index >= 15 is 0 Å². The van der Waals surface area contributed by atoms with Crippen LogP contribution < -0.4 is 16.4 Å². The molecule has 0 fully saturated rings. The van der Waals surface area contributed by atoms with E-state index in [1.54, 1.807) is 0 Å². The number of carbonyl (C=O) groups is 1. The highest BCUT2D eigenvalue weighted by atomic mass is 16.3. The molecule has 144 valence electrons. The van der Waals surface area contributed by atoms with Crippen molar-refractivity contribution in [1.82, 2.24) is 25.2 Å². The number of pyridine rings is 1. The summed E-state index contributed by atoms with van der Waals surface area (Å²) in [6.45, 7) is 7.83. The Kier molecular flexibility index (Phi) is 4.93. The molecule has 2 amide bonds. The summed E-state index contributed by atoms with van der Waals surface area (Å²) in [5, 5.41) is 16.5. The first-order valence-electron chi connectivity index (χ1n) is 8.94. The lowest BCUT2D eigenvalue weighted by atomic mass is 10.1. The number of nitrogens with zero attached hydrogens (tertiary/aromatic N) is 3. The first kappa shape index (κ1) is 18.9. The van der Waals surface area contributed by atoms with Gasteiger partial charge in [0.1, 0.15) is 17.9 Å². The third kappa shape index (κ3) is 3.80. The number of benzene rings is 1. The number of fused-ring (bicyclic) bond motifs is 3. The maximum Gasteiger partial charge on any atom is 0.315 e. The first-order chi connectivity index (χ1) is 12.7. The second-order valence-electron chi connectivity index (χ2n) is 7.62. The third-order valence-corrected chi connectivity index (χ3v) is 4.26. The van der Waals surface area contributed by atoms with Crippen molar-refractivity contribution in [3.8, 4) is 0 Å². The molecule has 1 aromatic carbocycles. The number of hydrogen-bond acceptors (Lipinski definition) is 5. The summed E-state index contributed by atoms with van der Waals surface area (Å²) >= 11 is 0. The van der Waals surface area contributed by atoms with E-state index in [4.69, 9.17) is 5.73 Å². The predicted octanol–water partition coefficient (Wildman–Crippen LogP) is 2.15. The highest BCUT2D eigenvalue weighted by molar-refractivity contribution is 6.06. The molecule has 5 N–H and O–H groups in total. The number of aliphatic hydroxyl groups excluding tert-OH is 1. The molecular formula is C19H26N6O2. The van der Waals surface area contributed by atoms with E-state index < -0.39 is 5.54 Å². The second-order valence-corrected chi connectivity index (χ2v) is 7.62. The molecule has 0 bridgehead atoms. The molecule has 0 atom stereocenters. The Balaban J connectivity index is 2.09. The Bertz CT molecular complexity index is 993. The topological polar surface area (TPSA) is 118 Å². The lowest BCUT2D eigenvalue weighted by Gasteiger charge is -2.28. The lowest BCUT2D eigenvalue weighted by Crippen LogP contribution is -2.52. The molecule has 2 aromatic heterocycles. The van der Waals surface area contributed by atoms with Gasteiger partial charge in [-0.15, -0.1) is 0 Å². The fourth-order valence-corrected chi connectivity index (χ4v) is 3.24. The summed E-state index contributed by atoms with van der Waals surface area (Å²) in [6, 6.07) is 7.47. The second kappa shape index (κ2) is 7.03. The summed E-state index contributed by atoms with van der Waals surface area (Å²) in [4.78, 5) is 21.1. The van der Waals surface area contributed by atoms with Crippen molar-refractivity contribution in [2.75, 3.05) is 5.73 Å². The van der Waals surface area contributed by atoms with Crippen LogP contribution in [-0.4, -0.2) is 37.3 Å². The van der Waals surface area contributed by atoms with E-state index in [1.807, 2.05) is 56.5 Å². The number of aromatic nitrogens is 3. The van der Waals surface area contributed by atoms with E-state index in [0.717, 1.165) is 16.4 Å². The van der Waals surface area contributed by atoms with Crippen LogP contribution in [0.5, 0.6) is 0 Å². The minimum absolute atomic E-state index is 0.0395. The molecule has 0 aliphatic heterocycles. The largest absolute Gasteiger partial charge is 0.388 e. The highest BCUT2D eigenvalue weighted by Crippen LogP contribution is 2.29. The van der Waals surface area contributed by atoms with Crippen molar-refractivity contribution in [2.45, 2.75) is 52.4 Å². The quantitative estimate of drug-likeness (QED) is 0.549. The van der Waals surface area contributed by atoms with Crippen LogP contribution in [0.15, 0.2) is 24.3 Å². The fourth-order valence-electron chi connectivity index (χ4n) is 3.24. The van der Waals surface area contributed by atoms with E-state index in [0.29, 0.717) is 23.7 Å². The van der Waals surface area contributed by atoms with Crippen LogP contribution in [0, 0.1) is 0 Å². The molecule has 0 aliphatic rings. The number of carbonyl (C=O) groups excluding carboxylic acids is 1. The SMILES string of the molecule is CC(C)NC(=O)NC(C)(C)Cn1c(CO)nc2c(N)nc3ccccc3c21. The van der Waals surface area contributed by atoms with Crippen LogP contribution in [-0.2, 0) is 13.2 Å². The van der Waals surface area contributed by atoms with Gasteiger partial charge < -0.3 is 26.0 Å². The van der Waals surface area contributed by atoms with Crippen LogP contribution in [0.4, 0.5) is 10.6 Å². The minimum atomic E-state index is -0.588. The highest BCUT2D eigenvalue weighted by Gasteiger charge is 2.25. The van der Waals surface area contributed by atoms with Crippen LogP contribution in [0.3, 0.4) is 0 Å². The monoisotopic (exact) mass is 370 g/mol. The molecular weight excluding hydrogens is 344 g/mol. The maximum atomic E-state index is 12.2.